The van der Waals surface area contributed by atoms with Crippen molar-refractivity contribution in [2.75, 3.05) is 7.11 Å². The highest BCUT2D eigenvalue weighted by atomic mass is 79.9. The molecular formula is C15H21BrO3. The van der Waals surface area contributed by atoms with Gasteiger partial charge in [0.15, 0.2) is 11.5 Å². The van der Waals surface area contributed by atoms with Crippen molar-refractivity contribution >= 4 is 15.9 Å². The lowest BCUT2D eigenvalue weighted by Crippen LogP contribution is -2.24. The second-order valence-electron chi connectivity index (χ2n) is 5.28. The lowest BCUT2D eigenvalue weighted by molar-refractivity contribution is 0.124. The van der Waals surface area contributed by atoms with Gasteiger partial charge >= 0.3 is 0 Å². The summed E-state index contributed by atoms with van der Waals surface area (Å²) in [5.74, 6) is 2.15. The first-order chi connectivity index (χ1) is 9.13. The van der Waals surface area contributed by atoms with Crippen LogP contribution in [0, 0.1) is 5.92 Å². The zero-order chi connectivity index (χ0) is 13.8. The van der Waals surface area contributed by atoms with Gasteiger partial charge < -0.3 is 14.6 Å². The van der Waals surface area contributed by atoms with Gasteiger partial charge in [0.05, 0.1) is 24.3 Å². The Kier molecular flexibility index (Phi) is 5.11. The summed E-state index contributed by atoms with van der Waals surface area (Å²) in [5, 5.41) is 9.21. The zero-order valence-corrected chi connectivity index (χ0v) is 13.1. The summed E-state index contributed by atoms with van der Waals surface area (Å²) >= 11 is 3.51. The molecule has 3 nitrogen and oxygen atoms in total. The van der Waals surface area contributed by atoms with Gasteiger partial charge in [-0.25, -0.2) is 0 Å². The summed E-state index contributed by atoms with van der Waals surface area (Å²) in [4.78, 5) is 0. The van der Waals surface area contributed by atoms with Crippen LogP contribution < -0.4 is 9.47 Å². The Morgan fingerprint density at radius 1 is 1.37 bits per heavy atom. The molecule has 106 valence electrons. The highest BCUT2D eigenvalue weighted by Crippen LogP contribution is 2.39. The van der Waals surface area contributed by atoms with E-state index in [9.17, 15) is 5.11 Å². The molecule has 1 aliphatic rings. The SMILES string of the molecule is COc1cc(CO)cc(Br)c1OC1CCCC(C)C1. The first-order valence-corrected chi connectivity index (χ1v) is 7.57. The lowest BCUT2D eigenvalue weighted by atomic mass is 9.89. The molecule has 1 N–H and O–H groups in total. The quantitative estimate of drug-likeness (QED) is 0.910. The Morgan fingerprint density at radius 3 is 2.79 bits per heavy atom. The summed E-state index contributed by atoms with van der Waals surface area (Å²) in [6.45, 7) is 2.27. The zero-order valence-electron chi connectivity index (χ0n) is 11.5. The number of ether oxygens (including phenoxy) is 2. The maximum Gasteiger partial charge on any atom is 0.175 e. The molecule has 1 aromatic rings. The Hall–Kier alpha value is -0.740. The van der Waals surface area contributed by atoms with Crippen molar-refractivity contribution in [1.82, 2.24) is 0 Å². The molecule has 1 aliphatic carbocycles. The standard InChI is InChI=1S/C15H21BrO3/c1-10-4-3-5-12(6-10)19-15-13(16)7-11(9-17)8-14(15)18-2/h7-8,10,12,17H,3-6,9H2,1-2H3. The fourth-order valence-corrected chi connectivity index (χ4v) is 3.21. The summed E-state index contributed by atoms with van der Waals surface area (Å²) < 4.78 is 12.3. The van der Waals surface area contributed by atoms with E-state index in [0.717, 1.165) is 34.5 Å². The van der Waals surface area contributed by atoms with Crippen molar-refractivity contribution < 1.29 is 14.6 Å². The van der Waals surface area contributed by atoms with Crippen LogP contribution in [0.25, 0.3) is 0 Å². The van der Waals surface area contributed by atoms with E-state index in [1.54, 1.807) is 7.11 Å². The number of hydrogen-bond donors (Lipinski definition) is 1. The number of aliphatic hydroxyl groups excluding tert-OH is 1. The van der Waals surface area contributed by atoms with Crippen LogP contribution in [0.4, 0.5) is 0 Å². The Balaban J connectivity index is 2.18. The summed E-state index contributed by atoms with van der Waals surface area (Å²) in [5.41, 5.74) is 0.813. The molecule has 1 saturated carbocycles. The molecule has 0 heterocycles. The van der Waals surface area contributed by atoms with Crippen LogP contribution in [0.15, 0.2) is 16.6 Å². The van der Waals surface area contributed by atoms with E-state index in [0.29, 0.717) is 5.75 Å². The largest absolute Gasteiger partial charge is 0.493 e. The van der Waals surface area contributed by atoms with Crippen LogP contribution in [0.1, 0.15) is 38.2 Å². The minimum Gasteiger partial charge on any atom is -0.493 e. The number of hydrogen-bond acceptors (Lipinski definition) is 3. The molecule has 2 atom stereocenters. The fraction of sp³-hybridized carbons (Fsp3) is 0.600. The van der Waals surface area contributed by atoms with Crippen molar-refractivity contribution in [3.05, 3.63) is 22.2 Å². The number of aliphatic hydroxyl groups is 1. The van der Waals surface area contributed by atoms with Crippen LogP contribution in [0.2, 0.25) is 0 Å². The minimum atomic E-state index is -0.00426. The number of benzene rings is 1. The molecule has 0 spiro atoms. The molecule has 0 radical (unpaired) electrons. The van der Waals surface area contributed by atoms with E-state index in [1.165, 1.54) is 12.8 Å². The van der Waals surface area contributed by atoms with Crippen molar-refractivity contribution in [1.29, 1.82) is 0 Å². The third-order valence-electron chi connectivity index (χ3n) is 3.64. The van der Waals surface area contributed by atoms with Gasteiger partial charge in [0.2, 0.25) is 0 Å². The Labute approximate surface area is 123 Å². The van der Waals surface area contributed by atoms with E-state index in [2.05, 4.69) is 22.9 Å². The molecule has 0 aliphatic heterocycles. The second-order valence-corrected chi connectivity index (χ2v) is 6.13. The minimum absolute atomic E-state index is 0.00426. The van der Waals surface area contributed by atoms with E-state index < -0.39 is 0 Å². The van der Waals surface area contributed by atoms with E-state index in [-0.39, 0.29) is 12.7 Å². The number of halogens is 1. The highest BCUT2D eigenvalue weighted by Gasteiger charge is 2.22. The average molecular weight is 329 g/mol. The monoisotopic (exact) mass is 328 g/mol. The summed E-state index contributed by atoms with van der Waals surface area (Å²) in [6.07, 6.45) is 4.97. The topological polar surface area (TPSA) is 38.7 Å². The van der Waals surface area contributed by atoms with Crippen molar-refractivity contribution in [3.8, 4) is 11.5 Å². The molecule has 19 heavy (non-hydrogen) atoms. The third kappa shape index (κ3) is 3.63. The molecule has 0 amide bonds. The van der Waals surface area contributed by atoms with Crippen LogP contribution in [0.3, 0.4) is 0 Å². The van der Waals surface area contributed by atoms with Gasteiger partial charge in [0.1, 0.15) is 0 Å². The maximum absolute atomic E-state index is 9.21. The molecule has 4 heteroatoms. The smallest absolute Gasteiger partial charge is 0.175 e. The molecule has 0 aromatic heterocycles. The van der Waals surface area contributed by atoms with Gasteiger partial charge in [0, 0.05) is 0 Å². The second kappa shape index (κ2) is 6.62. The van der Waals surface area contributed by atoms with E-state index >= 15 is 0 Å². The predicted molar refractivity (Wildman–Crippen MR) is 78.7 cm³/mol. The Morgan fingerprint density at radius 2 is 2.16 bits per heavy atom. The Bertz CT molecular complexity index is 434. The van der Waals surface area contributed by atoms with Gasteiger partial charge in [-0.3, -0.25) is 0 Å². The molecule has 2 unspecified atom stereocenters. The molecule has 2 rings (SSSR count). The molecule has 1 aromatic carbocycles. The van der Waals surface area contributed by atoms with Gasteiger partial charge in [-0.05, 0) is 58.8 Å². The molecule has 0 bridgehead atoms. The van der Waals surface area contributed by atoms with Crippen LogP contribution in [0.5, 0.6) is 11.5 Å². The predicted octanol–water partition coefficient (Wildman–Crippen LogP) is 3.91. The van der Waals surface area contributed by atoms with E-state index in [1.807, 2.05) is 12.1 Å². The molecular weight excluding hydrogens is 308 g/mol. The van der Waals surface area contributed by atoms with E-state index in [4.69, 9.17) is 9.47 Å². The van der Waals surface area contributed by atoms with Crippen LogP contribution in [-0.4, -0.2) is 18.3 Å². The first-order valence-electron chi connectivity index (χ1n) is 6.78. The highest BCUT2D eigenvalue weighted by molar-refractivity contribution is 9.10. The third-order valence-corrected chi connectivity index (χ3v) is 4.23. The molecule has 0 saturated heterocycles. The lowest BCUT2D eigenvalue weighted by Gasteiger charge is -2.28. The van der Waals surface area contributed by atoms with Crippen LogP contribution in [-0.2, 0) is 6.61 Å². The summed E-state index contributed by atoms with van der Waals surface area (Å²) in [7, 11) is 1.62. The van der Waals surface area contributed by atoms with Crippen molar-refractivity contribution in [2.24, 2.45) is 5.92 Å². The van der Waals surface area contributed by atoms with Crippen LogP contribution >= 0.6 is 15.9 Å². The van der Waals surface area contributed by atoms with Gasteiger partial charge in [-0.15, -0.1) is 0 Å². The van der Waals surface area contributed by atoms with Gasteiger partial charge in [-0.1, -0.05) is 13.3 Å². The first kappa shape index (κ1) is 14.7. The normalized spacial score (nSPS) is 23.2. The fourth-order valence-electron chi connectivity index (χ4n) is 2.63. The maximum atomic E-state index is 9.21. The number of methoxy groups -OCH3 is 1. The van der Waals surface area contributed by atoms with Crippen molar-refractivity contribution in [2.45, 2.75) is 45.3 Å². The summed E-state index contributed by atoms with van der Waals surface area (Å²) in [6, 6.07) is 3.70. The van der Waals surface area contributed by atoms with Crippen molar-refractivity contribution in [3.63, 3.8) is 0 Å². The average Bonchev–Trinajstić information content (AvgIpc) is 2.40. The molecule has 1 fully saturated rings. The number of rotatable bonds is 4. The van der Waals surface area contributed by atoms with Gasteiger partial charge in [0.25, 0.3) is 0 Å². The van der Waals surface area contributed by atoms with Gasteiger partial charge in [-0.2, -0.15) is 0 Å².